The fourth-order valence-electron chi connectivity index (χ4n) is 4.06. The summed E-state index contributed by atoms with van der Waals surface area (Å²) in [7, 11) is 0. The number of rotatable bonds is 6. The maximum Gasteiger partial charge on any atom is 0.338 e. The van der Waals surface area contributed by atoms with Gasteiger partial charge in [0.05, 0.1) is 23.6 Å². The number of ether oxygens (including phenoxy) is 1. The highest BCUT2D eigenvalue weighted by Crippen LogP contribution is 2.19. The molecule has 9 nitrogen and oxygen atoms in total. The van der Waals surface area contributed by atoms with Crippen LogP contribution in [0, 0.1) is 13.8 Å². The third-order valence-electron chi connectivity index (χ3n) is 5.60. The molecular formula is C24H27N5O4. The third-order valence-corrected chi connectivity index (χ3v) is 5.60. The Morgan fingerprint density at radius 1 is 1.12 bits per heavy atom. The van der Waals surface area contributed by atoms with Gasteiger partial charge in [-0.25, -0.2) is 14.5 Å². The Kier molecular flexibility index (Phi) is 6.39. The molecule has 0 saturated heterocycles. The van der Waals surface area contributed by atoms with Gasteiger partial charge in [-0.1, -0.05) is 0 Å². The lowest BCUT2D eigenvalue weighted by Gasteiger charge is -2.20. The quantitative estimate of drug-likeness (QED) is 0.580. The van der Waals surface area contributed by atoms with Crippen molar-refractivity contribution in [2.45, 2.75) is 53.0 Å². The van der Waals surface area contributed by atoms with E-state index < -0.39 is 5.97 Å². The van der Waals surface area contributed by atoms with Gasteiger partial charge >= 0.3 is 5.97 Å². The molecule has 3 aromatic rings. The van der Waals surface area contributed by atoms with Crippen molar-refractivity contribution >= 4 is 17.6 Å². The summed E-state index contributed by atoms with van der Waals surface area (Å²) < 4.78 is 7.99. The van der Waals surface area contributed by atoms with Gasteiger partial charge < -0.3 is 10.1 Å². The zero-order valence-corrected chi connectivity index (χ0v) is 19.1. The molecule has 9 heteroatoms. The van der Waals surface area contributed by atoms with E-state index in [9.17, 15) is 14.4 Å². The molecule has 0 bridgehead atoms. The molecule has 0 aliphatic heterocycles. The van der Waals surface area contributed by atoms with E-state index in [1.165, 1.54) is 4.57 Å². The van der Waals surface area contributed by atoms with E-state index >= 15 is 0 Å². The molecule has 172 valence electrons. The van der Waals surface area contributed by atoms with Crippen molar-refractivity contribution in [2.75, 3.05) is 11.9 Å². The van der Waals surface area contributed by atoms with Gasteiger partial charge in [-0.2, -0.15) is 5.10 Å². The highest BCUT2D eigenvalue weighted by atomic mass is 16.5. The van der Waals surface area contributed by atoms with E-state index in [0.717, 1.165) is 36.3 Å². The largest absolute Gasteiger partial charge is 0.462 e. The van der Waals surface area contributed by atoms with E-state index in [1.807, 2.05) is 19.9 Å². The highest BCUT2D eigenvalue weighted by molar-refractivity contribution is 5.93. The minimum absolute atomic E-state index is 0.199. The molecule has 1 aliphatic carbocycles. The monoisotopic (exact) mass is 449 g/mol. The lowest BCUT2D eigenvalue weighted by molar-refractivity contribution is -0.116. The molecule has 4 rings (SSSR count). The van der Waals surface area contributed by atoms with E-state index in [4.69, 9.17) is 9.72 Å². The lowest BCUT2D eigenvalue weighted by Crippen LogP contribution is -2.35. The van der Waals surface area contributed by atoms with Crippen LogP contribution in [0.1, 0.15) is 52.8 Å². The number of fused-ring (bicyclic) bond motifs is 1. The van der Waals surface area contributed by atoms with Crippen molar-refractivity contribution in [3.63, 3.8) is 0 Å². The first-order valence-corrected chi connectivity index (χ1v) is 11.1. The predicted octanol–water partition coefficient (Wildman–Crippen LogP) is 2.74. The number of nitrogens with one attached hydrogen (secondary N) is 1. The summed E-state index contributed by atoms with van der Waals surface area (Å²) >= 11 is 0. The van der Waals surface area contributed by atoms with E-state index in [-0.39, 0.29) is 18.0 Å². The maximum absolute atomic E-state index is 13.3. The second kappa shape index (κ2) is 9.40. The van der Waals surface area contributed by atoms with Gasteiger partial charge in [-0.05, 0) is 76.8 Å². The fourth-order valence-corrected chi connectivity index (χ4v) is 4.06. The Morgan fingerprint density at radius 2 is 1.85 bits per heavy atom. The second-order valence-electron chi connectivity index (χ2n) is 8.12. The Morgan fingerprint density at radius 3 is 2.52 bits per heavy atom. The first-order valence-electron chi connectivity index (χ1n) is 11.1. The molecule has 33 heavy (non-hydrogen) atoms. The fraction of sp³-hybridized carbons (Fsp3) is 0.375. The molecule has 1 aliphatic rings. The van der Waals surface area contributed by atoms with Gasteiger partial charge in [0.1, 0.15) is 6.54 Å². The number of nitrogens with zero attached hydrogens (tertiary/aromatic N) is 4. The molecule has 1 amide bonds. The van der Waals surface area contributed by atoms with Crippen molar-refractivity contribution in [3.8, 4) is 5.95 Å². The van der Waals surface area contributed by atoms with E-state index in [0.29, 0.717) is 35.8 Å². The van der Waals surface area contributed by atoms with Crippen molar-refractivity contribution in [1.29, 1.82) is 0 Å². The van der Waals surface area contributed by atoms with Crippen LogP contribution in [-0.2, 0) is 28.9 Å². The van der Waals surface area contributed by atoms with Crippen LogP contribution in [0.2, 0.25) is 0 Å². The van der Waals surface area contributed by atoms with Crippen molar-refractivity contribution in [1.82, 2.24) is 19.3 Å². The summed E-state index contributed by atoms with van der Waals surface area (Å²) in [5.41, 5.74) is 3.82. The zero-order chi connectivity index (χ0) is 23.5. The van der Waals surface area contributed by atoms with Crippen molar-refractivity contribution in [3.05, 3.63) is 68.9 Å². The minimum atomic E-state index is -0.420. The average Bonchev–Trinajstić information content (AvgIpc) is 3.14. The average molecular weight is 450 g/mol. The molecule has 2 aromatic heterocycles. The summed E-state index contributed by atoms with van der Waals surface area (Å²) in [6.45, 7) is 5.59. The molecule has 0 spiro atoms. The van der Waals surface area contributed by atoms with Crippen LogP contribution >= 0.6 is 0 Å². The van der Waals surface area contributed by atoms with Crippen LogP contribution in [0.4, 0.5) is 5.69 Å². The van der Waals surface area contributed by atoms with Crippen molar-refractivity contribution < 1.29 is 14.3 Å². The molecule has 2 heterocycles. The molecule has 0 radical (unpaired) electrons. The predicted molar refractivity (Wildman–Crippen MR) is 123 cm³/mol. The zero-order valence-electron chi connectivity index (χ0n) is 19.1. The maximum atomic E-state index is 13.3. The topological polar surface area (TPSA) is 108 Å². The summed E-state index contributed by atoms with van der Waals surface area (Å²) in [6.07, 6.45) is 3.33. The standard InChI is InChI=1S/C24H27N5O4/c1-4-33-23(32)17-9-11-18(12-10-17)25-21(30)14-28-22(31)19-7-5-6-8-20(19)26-24(28)29-16(3)13-15(2)27-29/h9-13H,4-8,14H2,1-3H3,(H,25,30). The van der Waals surface area contributed by atoms with Gasteiger partial charge in [0.15, 0.2) is 0 Å². The molecule has 0 unspecified atom stereocenters. The van der Waals surface area contributed by atoms with E-state index in [2.05, 4.69) is 10.4 Å². The van der Waals surface area contributed by atoms with Crippen LogP contribution < -0.4 is 10.9 Å². The SMILES string of the molecule is CCOC(=O)c1ccc(NC(=O)Cn2c(-n3nc(C)cc3C)nc3c(c2=O)CCCC3)cc1. The normalized spacial score (nSPS) is 12.8. The smallest absolute Gasteiger partial charge is 0.338 e. The first kappa shape index (κ1) is 22.4. The molecule has 0 saturated carbocycles. The second-order valence-corrected chi connectivity index (χ2v) is 8.12. The first-order chi connectivity index (χ1) is 15.9. The number of esters is 1. The Balaban J connectivity index is 1.63. The third kappa shape index (κ3) is 4.72. The number of aromatic nitrogens is 4. The van der Waals surface area contributed by atoms with Gasteiger partial charge in [0.2, 0.25) is 11.9 Å². The van der Waals surface area contributed by atoms with Gasteiger partial charge in [-0.3, -0.25) is 14.2 Å². The number of carbonyl (C=O) groups excluding carboxylic acids is 2. The van der Waals surface area contributed by atoms with Crippen LogP contribution in [0.15, 0.2) is 35.1 Å². The van der Waals surface area contributed by atoms with Crippen LogP contribution in [0.3, 0.4) is 0 Å². The minimum Gasteiger partial charge on any atom is -0.462 e. The van der Waals surface area contributed by atoms with Crippen LogP contribution in [0.25, 0.3) is 5.95 Å². The Hall–Kier alpha value is -3.75. The lowest BCUT2D eigenvalue weighted by atomic mass is 9.97. The molecule has 1 N–H and O–H groups in total. The van der Waals surface area contributed by atoms with Crippen molar-refractivity contribution in [2.24, 2.45) is 0 Å². The molecular weight excluding hydrogens is 422 g/mol. The molecule has 0 atom stereocenters. The van der Waals surface area contributed by atoms with Crippen LogP contribution in [0.5, 0.6) is 0 Å². The Labute approximate surface area is 191 Å². The summed E-state index contributed by atoms with van der Waals surface area (Å²) in [6, 6.07) is 8.32. The summed E-state index contributed by atoms with van der Waals surface area (Å²) in [5, 5.41) is 7.27. The number of anilines is 1. The van der Waals surface area contributed by atoms with Gasteiger partial charge in [0, 0.05) is 16.9 Å². The number of hydrogen-bond donors (Lipinski definition) is 1. The van der Waals surface area contributed by atoms with Gasteiger partial charge in [0.25, 0.3) is 5.56 Å². The van der Waals surface area contributed by atoms with Crippen LogP contribution in [-0.4, -0.2) is 37.8 Å². The number of hydrogen-bond acceptors (Lipinski definition) is 6. The Bertz CT molecular complexity index is 1260. The molecule has 0 fully saturated rings. The number of aryl methyl sites for hydroxylation is 3. The number of benzene rings is 1. The number of amides is 1. The van der Waals surface area contributed by atoms with Gasteiger partial charge in [-0.15, -0.1) is 0 Å². The number of carbonyl (C=O) groups is 2. The molecule has 1 aromatic carbocycles. The van der Waals surface area contributed by atoms with E-state index in [1.54, 1.807) is 35.9 Å². The highest BCUT2D eigenvalue weighted by Gasteiger charge is 2.23. The summed E-state index contributed by atoms with van der Waals surface area (Å²) in [5.74, 6) is -0.447. The summed E-state index contributed by atoms with van der Waals surface area (Å²) in [4.78, 5) is 42.8.